The summed E-state index contributed by atoms with van der Waals surface area (Å²) in [6.45, 7) is 0. The van der Waals surface area contributed by atoms with E-state index in [-0.39, 0.29) is 11.1 Å². The van der Waals surface area contributed by atoms with Crippen molar-refractivity contribution >= 4 is 32.5 Å². The lowest BCUT2D eigenvalue weighted by atomic mass is 10.2. The Labute approximate surface area is 89.3 Å². The van der Waals surface area contributed by atoms with Crippen molar-refractivity contribution in [3.8, 4) is 0 Å². The number of aromatic nitrogens is 1. The van der Waals surface area contributed by atoms with Crippen molar-refractivity contribution in [1.82, 2.24) is 4.57 Å². The molecule has 2 rings (SSSR count). The maximum absolute atomic E-state index is 11.7. The number of nitrogens with two attached hydrogens (primary N) is 1. The fourth-order valence-corrected chi connectivity index (χ4v) is 1.85. The zero-order valence-corrected chi connectivity index (χ0v) is 9.21. The van der Waals surface area contributed by atoms with E-state index in [9.17, 15) is 4.79 Å². The molecule has 0 atom stereocenters. The van der Waals surface area contributed by atoms with E-state index >= 15 is 0 Å². The minimum Gasteiger partial charge on any atom is -0.394 e. The van der Waals surface area contributed by atoms with Gasteiger partial charge in [-0.3, -0.25) is 4.79 Å². The molecule has 3 nitrogen and oxygen atoms in total. The summed E-state index contributed by atoms with van der Waals surface area (Å²) < 4.78 is 2.73. The number of fused-ring (bicyclic) bond motifs is 1. The van der Waals surface area contributed by atoms with Gasteiger partial charge in [-0.1, -0.05) is 15.9 Å². The van der Waals surface area contributed by atoms with Gasteiger partial charge in [0, 0.05) is 23.1 Å². The first-order chi connectivity index (χ1) is 6.59. The molecule has 0 saturated heterocycles. The third kappa shape index (κ3) is 1.32. The molecule has 0 amide bonds. The van der Waals surface area contributed by atoms with E-state index in [0.29, 0.717) is 5.39 Å². The molecule has 1 aromatic carbocycles. The zero-order chi connectivity index (χ0) is 10.3. The first kappa shape index (κ1) is 9.27. The van der Waals surface area contributed by atoms with Gasteiger partial charge in [-0.2, -0.15) is 0 Å². The molecule has 0 aliphatic heterocycles. The molecular weight excluding hydrogens is 244 g/mol. The van der Waals surface area contributed by atoms with Crippen LogP contribution in [0.15, 0.2) is 33.7 Å². The van der Waals surface area contributed by atoms with Gasteiger partial charge in [0.25, 0.3) is 0 Å². The monoisotopic (exact) mass is 252 g/mol. The first-order valence-corrected chi connectivity index (χ1v) is 4.93. The Kier molecular flexibility index (Phi) is 2.07. The average molecular weight is 253 g/mol. The van der Waals surface area contributed by atoms with Gasteiger partial charge in [0.15, 0.2) is 0 Å². The Morgan fingerprint density at radius 3 is 2.86 bits per heavy atom. The Hall–Kier alpha value is -1.29. The first-order valence-electron chi connectivity index (χ1n) is 4.14. The van der Waals surface area contributed by atoms with Crippen molar-refractivity contribution in [3.05, 3.63) is 39.1 Å². The van der Waals surface area contributed by atoms with Gasteiger partial charge in [0.1, 0.15) is 0 Å². The van der Waals surface area contributed by atoms with Crippen LogP contribution >= 0.6 is 15.9 Å². The van der Waals surface area contributed by atoms with E-state index in [1.54, 1.807) is 12.3 Å². The molecule has 72 valence electrons. The summed E-state index contributed by atoms with van der Waals surface area (Å²) in [4.78, 5) is 11.7. The molecule has 0 aliphatic rings. The Balaban J connectivity index is 3.03. The van der Waals surface area contributed by atoms with E-state index in [2.05, 4.69) is 15.9 Å². The maximum Gasteiger partial charge on any atom is 0.212 e. The van der Waals surface area contributed by atoms with Crippen LogP contribution in [0.4, 0.5) is 5.69 Å². The summed E-state index contributed by atoms with van der Waals surface area (Å²) in [5, 5.41) is 0.641. The highest BCUT2D eigenvalue weighted by molar-refractivity contribution is 9.10. The highest BCUT2D eigenvalue weighted by Gasteiger charge is 2.04. The Morgan fingerprint density at radius 2 is 2.14 bits per heavy atom. The van der Waals surface area contributed by atoms with Crippen LogP contribution < -0.4 is 11.2 Å². The van der Waals surface area contributed by atoms with Crippen molar-refractivity contribution in [3.63, 3.8) is 0 Å². The van der Waals surface area contributed by atoms with Gasteiger partial charge < -0.3 is 10.3 Å². The Bertz CT molecular complexity index is 560. The van der Waals surface area contributed by atoms with Crippen LogP contribution in [0.5, 0.6) is 0 Å². The summed E-state index contributed by atoms with van der Waals surface area (Å²) >= 11 is 3.33. The number of pyridine rings is 1. The van der Waals surface area contributed by atoms with Crippen molar-refractivity contribution in [2.45, 2.75) is 0 Å². The quantitative estimate of drug-likeness (QED) is 0.779. The molecule has 2 aromatic rings. The number of anilines is 1. The van der Waals surface area contributed by atoms with Gasteiger partial charge in [-0.25, -0.2) is 0 Å². The summed E-state index contributed by atoms with van der Waals surface area (Å²) in [6, 6.07) is 5.58. The highest BCUT2D eigenvalue weighted by Crippen LogP contribution is 2.17. The maximum atomic E-state index is 11.7. The molecule has 0 aliphatic carbocycles. The van der Waals surface area contributed by atoms with Gasteiger partial charge >= 0.3 is 0 Å². The van der Waals surface area contributed by atoms with Crippen LogP contribution in [-0.4, -0.2) is 4.57 Å². The van der Waals surface area contributed by atoms with Crippen LogP contribution in [0, 0.1) is 0 Å². The van der Waals surface area contributed by atoms with Crippen molar-refractivity contribution in [1.29, 1.82) is 0 Å². The summed E-state index contributed by atoms with van der Waals surface area (Å²) in [5.74, 6) is 0. The molecule has 1 heterocycles. The average Bonchev–Trinajstić information content (AvgIpc) is 2.14. The van der Waals surface area contributed by atoms with Gasteiger partial charge in [0.2, 0.25) is 5.43 Å². The lowest BCUT2D eigenvalue weighted by Gasteiger charge is -2.06. The van der Waals surface area contributed by atoms with Crippen LogP contribution in [-0.2, 0) is 7.05 Å². The summed E-state index contributed by atoms with van der Waals surface area (Å²) in [7, 11) is 1.87. The highest BCUT2D eigenvalue weighted by atomic mass is 79.9. The molecule has 1 aromatic heterocycles. The van der Waals surface area contributed by atoms with Crippen molar-refractivity contribution in [2.75, 3.05) is 5.73 Å². The summed E-state index contributed by atoms with van der Waals surface area (Å²) in [6.07, 6.45) is 1.64. The lowest BCUT2D eigenvalue weighted by Crippen LogP contribution is -2.12. The van der Waals surface area contributed by atoms with E-state index in [1.807, 2.05) is 23.7 Å². The fourth-order valence-electron chi connectivity index (χ4n) is 1.49. The number of nitrogen functional groups attached to an aromatic ring is 1. The minimum absolute atomic E-state index is 0.112. The molecule has 0 saturated carbocycles. The van der Waals surface area contributed by atoms with E-state index < -0.39 is 0 Å². The molecule has 0 unspecified atom stereocenters. The van der Waals surface area contributed by atoms with Crippen LogP contribution in [0.2, 0.25) is 0 Å². The number of hydrogen-bond acceptors (Lipinski definition) is 2. The van der Waals surface area contributed by atoms with E-state index in [0.717, 1.165) is 9.99 Å². The normalized spacial score (nSPS) is 10.7. The number of benzene rings is 1. The van der Waals surface area contributed by atoms with Crippen LogP contribution in [0.25, 0.3) is 10.9 Å². The SMILES string of the molecule is Cn1cc(N)c(=O)c2cc(Br)ccc21. The molecule has 0 fully saturated rings. The summed E-state index contributed by atoms with van der Waals surface area (Å²) in [5.41, 5.74) is 6.63. The van der Waals surface area contributed by atoms with E-state index in [4.69, 9.17) is 5.73 Å². The molecular formula is C10H9BrN2O. The molecule has 0 radical (unpaired) electrons. The number of hydrogen-bond donors (Lipinski definition) is 1. The molecule has 0 spiro atoms. The minimum atomic E-state index is -0.112. The molecule has 14 heavy (non-hydrogen) atoms. The molecule has 4 heteroatoms. The predicted octanol–water partition coefficient (Wildman–Crippen LogP) is 1.88. The second-order valence-corrected chi connectivity index (χ2v) is 4.10. The molecule has 2 N–H and O–H groups in total. The standard InChI is InChI=1S/C10H9BrN2O/c1-13-5-8(12)10(14)7-4-6(11)2-3-9(7)13/h2-5H,12H2,1H3. The van der Waals surface area contributed by atoms with Gasteiger partial charge in [-0.15, -0.1) is 0 Å². The van der Waals surface area contributed by atoms with Gasteiger partial charge in [0.05, 0.1) is 11.2 Å². The topological polar surface area (TPSA) is 48.0 Å². The second-order valence-electron chi connectivity index (χ2n) is 3.19. The third-order valence-electron chi connectivity index (χ3n) is 2.18. The second kappa shape index (κ2) is 3.13. The van der Waals surface area contributed by atoms with Crippen molar-refractivity contribution in [2.24, 2.45) is 7.05 Å². The predicted molar refractivity (Wildman–Crippen MR) is 61.3 cm³/mol. The van der Waals surface area contributed by atoms with Crippen LogP contribution in [0.1, 0.15) is 0 Å². The smallest absolute Gasteiger partial charge is 0.212 e. The number of nitrogens with zero attached hydrogens (tertiary/aromatic N) is 1. The van der Waals surface area contributed by atoms with Crippen LogP contribution in [0.3, 0.4) is 0 Å². The van der Waals surface area contributed by atoms with Crippen molar-refractivity contribution < 1.29 is 0 Å². The largest absolute Gasteiger partial charge is 0.394 e. The lowest BCUT2D eigenvalue weighted by molar-refractivity contribution is 0.953. The molecule has 0 bridgehead atoms. The number of halogens is 1. The fraction of sp³-hybridized carbons (Fsp3) is 0.100. The third-order valence-corrected chi connectivity index (χ3v) is 2.67. The number of rotatable bonds is 0. The number of aryl methyl sites for hydroxylation is 1. The van der Waals surface area contributed by atoms with Gasteiger partial charge in [-0.05, 0) is 18.2 Å². The Morgan fingerprint density at radius 1 is 1.43 bits per heavy atom. The van der Waals surface area contributed by atoms with E-state index in [1.165, 1.54) is 0 Å². The zero-order valence-electron chi connectivity index (χ0n) is 7.62.